The molecule has 1 aromatic rings. The van der Waals surface area contributed by atoms with Crippen LogP contribution in [0.1, 0.15) is 38.4 Å². The minimum Gasteiger partial charge on any atom is -0.311 e. The number of pyridine rings is 1. The van der Waals surface area contributed by atoms with E-state index in [1.54, 1.807) is 6.07 Å². The molecule has 2 rings (SSSR count). The van der Waals surface area contributed by atoms with Gasteiger partial charge in [0.2, 0.25) is 0 Å². The predicted molar refractivity (Wildman–Crippen MR) is 75.4 cm³/mol. The van der Waals surface area contributed by atoms with E-state index in [4.69, 9.17) is 0 Å². The molecule has 1 saturated carbocycles. The zero-order chi connectivity index (χ0) is 13.8. The maximum atomic E-state index is 12.9. The summed E-state index contributed by atoms with van der Waals surface area (Å²) in [5, 5.41) is 3.31. The van der Waals surface area contributed by atoms with Gasteiger partial charge in [0.05, 0.1) is 17.9 Å². The Kier molecular flexibility index (Phi) is 4.88. The number of hydrogen-bond donors (Lipinski definition) is 1. The molecule has 1 aromatic heterocycles. The van der Waals surface area contributed by atoms with E-state index in [1.165, 1.54) is 25.1 Å². The summed E-state index contributed by atoms with van der Waals surface area (Å²) >= 11 is 0. The Morgan fingerprint density at radius 3 is 2.68 bits per heavy atom. The fraction of sp³-hybridized carbons (Fsp3) is 0.667. The van der Waals surface area contributed by atoms with Crippen LogP contribution in [0.15, 0.2) is 18.3 Å². The van der Waals surface area contributed by atoms with Crippen LogP contribution in [-0.2, 0) is 0 Å². The topological polar surface area (TPSA) is 28.2 Å². The summed E-state index contributed by atoms with van der Waals surface area (Å²) in [5.74, 6) is 0.169. The van der Waals surface area contributed by atoms with Crippen molar-refractivity contribution in [2.24, 2.45) is 5.92 Å². The van der Waals surface area contributed by atoms with Crippen molar-refractivity contribution in [3.05, 3.63) is 29.8 Å². The Hall–Kier alpha value is -1.00. The third kappa shape index (κ3) is 3.74. The van der Waals surface area contributed by atoms with Crippen molar-refractivity contribution >= 4 is 0 Å². The third-order valence-corrected chi connectivity index (χ3v) is 3.94. The molecule has 0 spiro atoms. The molecule has 106 valence electrons. The van der Waals surface area contributed by atoms with E-state index < -0.39 is 0 Å². The molecule has 0 bridgehead atoms. The summed E-state index contributed by atoms with van der Waals surface area (Å²) in [6.45, 7) is 6.61. The highest BCUT2D eigenvalue weighted by atomic mass is 19.1. The van der Waals surface area contributed by atoms with E-state index in [0.717, 1.165) is 24.8 Å². The molecule has 0 aromatic carbocycles. The quantitative estimate of drug-likeness (QED) is 0.821. The van der Waals surface area contributed by atoms with Gasteiger partial charge in [-0.1, -0.05) is 13.8 Å². The van der Waals surface area contributed by atoms with E-state index in [1.807, 2.05) is 7.05 Å². The van der Waals surface area contributed by atoms with Crippen LogP contribution >= 0.6 is 0 Å². The van der Waals surface area contributed by atoms with Gasteiger partial charge in [-0.3, -0.25) is 4.98 Å². The van der Waals surface area contributed by atoms with Crippen molar-refractivity contribution in [1.29, 1.82) is 0 Å². The van der Waals surface area contributed by atoms with Crippen molar-refractivity contribution in [1.82, 2.24) is 15.2 Å². The van der Waals surface area contributed by atoms with Gasteiger partial charge in [0.15, 0.2) is 0 Å². The van der Waals surface area contributed by atoms with E-state index in [-0.39, 0.29) is 11.9 Å². The van der Waals surface area contributed by atoms with Gasteiger partial charge >= 0.3 is 0 Å². The first-order chi connectivity index (χ1) is 9.15. The van der Waals surface area contributed by atoms with Crippen molar-refractivity contribution < 1.29 is 4.39 Å². The highest BCUT2D eigenvalue weighted by Gasteiger charge is 2.30. The van der Waals surface area contributed by atoms with Crippen LogP contribution in [-0.4, -0.2) is 36.1 Å². The second-order valence-corrected chi connectivity index (χ2v) is 5.46. The summed E-state index contributed by atoms with van der Waals surface area (Å²) in [5.41, 5.74) is 0.920. The first kappa shape index (κ1) is 14.4. The van der Waals surface area contributed by atoms with Crippen LogP contribution < -0.4 is 5.32 Å². The van der Waals surface area contributed by atoms with Crippen LogP contribution in [0.3, 0.4) is 0 Å². The monoisotopic (exact) mass is 265 g/mol. The van der Waals surface area contributed by atoms with E-state index in [9.17, 15) is 4.39 Å². The smallest absolute Gasteiger partial charge is 0.141 e. The molecule has 2 atom stereocenters. The van der Waals surface area contributed by atoms with Gasteiger partial charge in [-0.15, -0.1) is 0 Å². The fourth-order valence-electron chi connectivity index (χ4n) is 2.75. The molecule has 4 heteroatoms. The maximum Gasteiger partial charge on any atom is 0.141 e. The molecule has 2 unspecified atom stereocenters. The number of hydrogen-bond acceptors (Lipinski definition) is 3. The number of rotatable bonds is 7. The van der Waals surface area contributed by atoms with Crippen LogP contribution in [0.5, 0.6) is 0 Å². The molecular weight excluding hydrogens is 241 g/mol. The number of nitrogens with zero attached hydrogens (tertiary/aromatic N) is 2. The molecule has 0 aliphatic heterocycles. The Labute approximate surface area is 115 Å². The zero-order valence-electron chi connectivity index (χ0n) is 12.1. The van der Waals surface area contributed by atoms with E-state index in [0.29, 0.717) is 5.92 Å². The summed E-state index contributed by atoms with van der Waals surface area (Å²) < 4.78 is 12.9. The van der Waals surface area contributed by atoms with Gasteiger partial charge in [-0.2, -0.15) is 0 Å². The minimum atomic E-state index is -0.278. The van der Waals surface area contributed by atoms with E-state index >= 15 is 0 Å². The molecule has 1 aliphatic rings. The molecule has 1 aliphatic carbocycles. The van der Waals surface area contributed by atoms with Crippen LogP contribution in [0.25, 0.3) is 0 Å². The second-order valence-electron chi connectivity index (χ2n) is 5.46. The summed E-state index contributed by atoms with van der Waals surface area (Å²) in [6, 6.07) is 4.22. The summed E-state index contributed by atoms with van der Waals surface area (Å²) in [4.78, 5) is 6.75. The van der Waals surface area contributed by atoms with Gasteiger partial charge in [0.1, 0.15) is 5.82 Å². The lowest BCUT2D eigenvalue weighted by Crippen LogP contribution is -2.36. The van der Waals surface area contributed by atoms with Crippen molar-refractivity contribution in [2.45, 2.75) is 38.8 Å². The minimum absolute atomic E-state index is 0.174. The van der Waals surface area contributed by atoms with Gasteiger partial charge in [0.25, 0.3) is 0 Å². The predicted octanol–water partition coefficient (Wildman–Crippen LogP) is 2.60. The number of nitrogens with one attached hydrogen (secondary N) is 1. The van der Waals surface area contributed by atoms with Gasteiger partial charge in [-0.25, -0.2) is 4.39 Å². The molecule has 1 fully saturated rings. The van der Waals surface area contributed by atoms with Crippen molar-refractivity contribution in [3.8, 4) is 0 Å². The molecule has 1 N–H and O–H groups in total. The highest BCUT2D eigenvalue weighted by molar-refractivity contribution is 5.11. The lowest BCUT2D eigenvalue weighted by molar-refractivity contribution is 0.213. The SMILES string of the molecule is CCN(CC(C)C(NC)c1ccc(F)cn1)C1CC1. The molecule has 3 nitrogen and oxygen atoms in total. The Morgan fingerprint density at radius 2 is 2.21 bits per heavy atom. The number of halogens is 1. The van der Waals surface area contributed by atoms with Crippen molar-refractivity contribution in [3.63, 3.8) is 0 Å². The third-order valence-electron chi connectivity index (χ3n) is 3.94. The van der Waals surface area contributed by atoms with Crippen LogP contribution in [0.2, 0.25) is 0 Å². The standard InChI is InChI=1S/C15H24FN3/c1-4-19(13-6-7-13)10-11(2)15(17-3)14-8-5-12(16)9-18-14/h5,8-9,11,13,15,17H,4,6-7,10H2,1-3H3. The Bertz CT molecular complexity index is 389. The largest absolute Gasteiger partial charge is 0.311 e. The van der Waals surface area contributed by atoms with Gasteiger partial charge < -0.3 is 10.2 Å². The van der Waals surface area contributed by atoms with E-state index in [2.05, 4.69) is 29.0 Å². The highest BCUT2D eigenvalue weighted by Crippen LogP contribution is 2.29. The fourth-order valence-corrected chi connectivity index (χ4v) is 2.75. The van der Waals surface area contributed by atoms with Crippen LogP contribution in [0, 0.1) is 11.7 Å². The number of aromatic nitrogens is 1. The summed E-state index contributed by atoms with van der Waals surface area (Å²) in [6.07, 6.45) is 3.96. The molecule has 0 radical (unpaired) electrons. The summed E-state index contributed by atoms with van der Waals surface area (Å²) in [7, 11) is 1.94. The Balaban J connectivity index is 2.01. The average Bonchev–Trinajstić information content (AvgIpc) is 3.23. The van der Waals surface area contributed by atoms with Crippen LogP contribution in [0.4, 0.5) is 4.39 Å². The van der Waals surface area contributed by atoms with Gasteiger partial charge in [-0.05, 0) is 44.5 Å². The molecule has 0 amide bonds. The first-order valence-electron chi connectivity index (χ1n) is 7.18. The lowest BCUT2D eigenvalue weighted by Gasteiger charge is -2.29. The first-order valence-corrected chi connectivity index (χ1v) is 7.18. The maximum absolute atomic E-state index is 12.9. The molecular formula is C15H24FN3. The Morgan fingerprint density at radius 1 is 1.47 bits per heavy atom. The second kappa shape index (κ2) is 6.44. The molecule has 19 heavy (non-hydrogen) atoms. The van der Waals surface area contributed by atoms with Crippen molar-refractivity contribution in [2.75, 3.05) is 20.1 Å². The normalized spacial score (nSPS) is 18.6. The lowest BCUT2D eigenvalue weighted by atomic mass is 9.97. The van der Waals surface area contributed by atoms with Gasteiger partial charge in [0, 0.05) is 12.6 Å². The molecule has 0 saturated heterocycles. The zero-order valence-corrected chi connectivity index (χ0v) is 12.1. The average molecular weight is 265 g/mol. The molecule has 1 heterocycles.